The van der Waals surface area contributed by atoms with Crippen LogP contribution >= 0.6 is 0 Å². The van der Waals surface area contributed by atoms with Crippen molar-refractivity contribution in [2.75, 3.05) is 0 Å². The van der Waals surface area contributed by atoms with Gasteiger partial charge in [-0.15, -0.1) is 0 Å². The molecule has 6 nitrogen and oxygen atoms in total. The molecular formula is C14H21N3O3. The van der Waals surface area contributed by atoms with E-state index in [1.54, 1.807) is 0 Å². The van der Waals surface area contributed by atoms with Crippen LogP contribution in [0.4, 0.5) is 4.79 Å². The van der Waals surface area contributed by atoms with Gasteiger partial charge < -0.3 is 10.6 Å². The van der Waals surface area contributed by atoms with E-state index in [4.69, 9.17) is 0 Å². The molecule has 1 heterocycles. The Kier molecular flexibility index (Phi) is 3.40. The van der Waals surface area contributed by atoms with E-state index in [1.165, 1.54) is 25.7 Å². The summed E-state index contributed by atoms with van der Waals surface area (Å²) >= 11 is 0. The summed E-state index contributed by atoms with van der Waals surface area (Å²) in [7, 11) is 0. The highest BCUT2D eigenvalue weighted by Gasteiger charge is 2.51. The minimum atomic E-state index is -0.597. The maximum atomic E-state index is 12.4. The summed E-state index contributed by atoms with van der Waals surface area (Å²) in [5.74, 6) is 0.127. The normalized spacial score (nSPS) is 29.3. The molecule has 110 valence electrons. The highest BCUT2D eigenvalue weighted by atomic mass is 16.2. The number of urea groups is 1. The average molecular weight is 279 g/mol. The van der Waals surface area contributed by atoms with Crippen molar-refractivity contribution in [3.05, 3.63) is 0 Å². The first-order chi connectivity index (χ1) is 9.59. The number of hydrogen-bond donors (Lipinski definition) is 3. The third kappa shape index (κ3) is 2.64. The van der Waals surface area contributed by atoms with Crippen molar-refractivity contribution in [2.45, 2.75) is 62.9 Å². The molecule has 3 N–H and O–H groups in total. The Hall–Kier alpha value is -1.59. The van der Waals surface area contributed by atoms with Gasteiger partial charge in [-0.1, -0.05) is 12.8 Å². The molecule has 1 saturated heterocycles. The number of carbonyl (C=O) groups is 3. The minimum absolute atomic E-state index is 0.0257. The van der Waals surface area contributed by atoms with Crippen molar-refractivity contribution >= 4 is 17.8 Å². The fourth-order valence-corrected chi connectivity index (χ4v) is 3.51. The lowest BCUT2D eigenvalue weighted by Crippen LogP contribution is -2.52. The molecule has 0 aromatic carbocycles. The van der Waals surface area contributed by atoms with Gasteiger partial charge in [-0.2, -0.15) is 0 Å². The number of imide groups is 1. The fraction of sp³-hybridized carbons (Fsp3) is 0.786. The molecule has 0 bridgehead atoms. The lowest BCUT2D eigenvalue weighted by Gasteiger charge is -2.26. The van der Waals surface area contributed by atoms with Crippen molar-refractivity contribution in [1.82, 2.24) is 16.0 Å². The highest BCUT2D eigenvalue weighted by Crippen LogP contribution is 2.49. The molecule has 6 heteroatoms. The van der Waals surface area contributed by atoms with Crippen molar-refractivity contribution in [3.8, 4) is 0 Å². The largest absolute Gasteiger partial charge is 0.349 e. The van der Waals surface area contributed by atoms with E-state index in [-0.39, 0.29) is 23.8 Å². The maximum absolute atomic E-state index is 12.4. The third-order valence-electron chi connectivity index (χ3n) is 4.83. The zero-order valence-corrected chi connectivity index (χ0v) is 11.5. The van der Waals surface area contributed by atoms with Gasteiger partial charge in [0, 0.05) is 12.0 Å². The second-order valence-electron chi connectivity index (χ2n) is 6.24. The van der Waals surface area contributed by atoms with Crippen molar-refractivity contribution in [2.24, 2.45) is 5.92 Å². The Balaban J connectivity index is 1.61. The van der Waals surface area contributed by atoms with Gasteiger partial charge in [0.05, 0.1) is 0 Å². The first-order valence-corrected chi connectivity index (χ1v) is 7.51. The summed E-state index contributed by atoms with van der Waals surface area (Å²) in [6, 6.07) is -1.17. The molecule has 20 heavy (non-hydrogen) atoms. The van der Waals surface area contributed by atoms with E-state index in [1.807, 2.05) is 0 Å². The Bertz CT molecular complexity index is 439. The topological polar surface area (TPSA) is 87.3 Å². The van der Waals surface area contributed by atoms with E-state index < -0.39 is 12.1 Å². The molecule has 1 aliphatic heterocycles. The van der Waals surface area contributed by atoms with Crippen molar-refractivity contribution < 1.29 is 14.4 Å². The zero-order valence-electron chi connectivity index (χ0n) is 11.5. The lowest BCUT2D eigenvalue weighted by molar-refractivity contribution is -0.124. The maximum Gasteiger partial charge on any atom is 0.322 e. The van der Waals surface area contributed by atoms with Crippen LogP contribution in [0.1, 0.15) is 51.4 Å². The van der Waals surface area contributed by atoms with Crippen LogP contribution in [0, 0.1) is 5.92 Å². The molecule has 0 aromatic rings. The molecule has 0 aromatic heterocycles. The van der Waals surface area contributed by atoms with Crippen LogP contribution in [-0.4, -0.2) is 29.4 Å². The van der Waals surface area contributed by atoms with E-state index in [0.717, 1.165) is 12.8 Å². The van der Waals surface area contributed by atoms with Crippen LogP contribution in [-0.2, 0) is 9.59 Å². The van der Waals surface area contributed by atoms with Gasteiger partial charge in [-0.05, 0) is 38.0 Å². The van der Waals surface area contributed by atoms with E-state index in [0.29, 0.717) is 12.3 Å². The van der Waals surface area contributed by atoms with Crippen LogP contribution in [0.2, 0.25) is 0 Å². The minimum Gasteiger partial charge on any atom is -0.349 e. The molecule has 3 fully saturated rings. The van der Waals surface area contributed by atoms with Gasteiger partial charge in [0.1, 0.15) is 6.04 Å². The number of nitrogens with one attached hydrogen (secondary N) is 3. The van der Waals surface area contributed by atoms with Crippen LogP contribution < -0.4 is 16.0 Å². The van der Waals surface area contributed by atoms with Gasteiger partial charge in [0.25, 0.3) is 0 Å². The van der Waals surface area contributed by atoms with Gasteiger partial charge in [-0.3, -0.25) is 14.9 Å². The van der Waals surface area contributed by atoms with Crippen LogP contribution in [0.3, 0.4) is 0 Å². The molecule has 2 saturated carbocycles. The number of hydrogen-bond acceptors (Lipinski definition) is 3. The van der Waals surface area contributed by atoms with Crippen LogP contribution in [0.25, 0.3) is 0 Å². The third-order valence-corrected chi connectivity index (χ3v) is 4.83. The first kappa shape index (κ1) is 13.4. The SMILES string of the molecule is O=C1CC[C@@H](C(=O)NC2(C3CCCC3)CC2)NC(=O)N1. The van der Waals surface area contributed by atoms with E-state index >= 15 is 0 Å². The van der Waals surface area contributed by atoms with Gasteiger partial charge in [0.2, 0.25) is 11.8 Å². The number of rotatable bonds is 3. The Morgan fingerprint density at radius 1 is 1.15 bits per heavy atom. The summed E-state index contributed by atoms with van der Waals surface area (Å²) in [6.07, 6.45) is 7.54. The van der Waals surface area contributed by atoms with Gasteiger partial charge >= 0.3 is 6.03 Å². The molecule has 3 rings (SSSR count). The highest BCUT2D eigenvalue weighted by molar-refractivity contribution is 5.98. The van der Waals surface area contributed by atoms with Crippen molar-refractivity contribution in [3.63, 3.8) is 0 Å². The molecular weight excluding hydrogens is 258 g/mol. The van der Waals surface area contributed by atoms with Crippen molar-refractivity contribution in [1.29, 1.82) is 0 Å². The molecule has 0 radical (unpaired) electrons. The molecule has 2 aliphatic carbocycles. The Labute approximate surface area is 118 Å². The Morgan fingerprint density at radius 2 is 1.85 bits per heavy atom. The van der Waals surface area contributed by atoms with Gasteiger partial charge in [0.15, 0.2) is 0 Å². The first-order valence-electron chi connectivity index (χ1n) is 7.51. The van der Waals surface area contributed by atoms with Crippen LogP contribution in [0.5, 0.6) is 0 Å². The summed E-state index contributed by atoms with van der Waals surface area (Å²) in [5, 5.41) is 7.91. The van der Waals surface area contributed by atoms with Crippen LogP contribution in [0.15, 0.2) is 0 Å². The summed E-state index contributed by atoms with van der Waals surface area (Å²) in [6.45, 7) is 0. The standard InChI is InChI=1S/C14H21N3O3/c18-11-6-5-10(15-13(20)16-11)12(19)17-14(7-8-14)9-3-1-2-4-9/h9-10H,1-8H2,(H,17,19)(H2,15,16,18,20)/t10-/m0/s1. The Morgan fingerprint density at radius 3 is 2.50 bits per heavy atom. The monoisotopic (exact) mass is 279 g/mol. The lowest BCUT2D eigenvalue weighted by atomic mass is 9.95. The molecule has 1 atom stereocenters. The van der Waals surface area contributed by atoms with E-state index in [2.05, 4.69) is 16.0 Å². The predicted octanol–water partition coefficient (Wildman–Crippen LogP) is 0.814. The molecule has 3 aliphatic rings. The van der Waals surface area contributed by atoms with Gasteiger partial charge in [-0.25, -0.2) is 4.79 Å². The quantitative estimate of drug-likeness (QED) is 0.714. The number of amides is 4. The molecule has 0 spiro atoms. The predicted molar refractivity (Wildman–Crippen MR) is 71.8 cm³/mol. The average Bonchev–Trinajstić information content (AvgIpc) is 3.01. The second kappa shape index (κ2) is 5.07. The smallest absolute Gasteiger partial charge is 0.322 e. The summed E-state index contributed by atoms with van der Waals surface area (Å²) in [5.41, 5.74) is -0.0257. The molecule has 4 amide bonds. The van der Waals surface area contributed by atoms with E-state index in [9.17, 15) is 14.4 Å². The number of carbonyl (C=O) groups excluding carboxylic acids is 3. The summed E-state index contributed by atoms with van der Waals surface area (Å²) < 4.78 is 0. The molecule has 0 unspecified atom stereocenters. The fourth-order valence-electron chi connectivity index (χ4n) is 3.51. The summed E-state index contributed by atoms with van der Waals surface area (Å²) in [4.78, 5) is 35.0. The second-order valence-corrected chi connectivity index (χ2v) is 6.24. The zero-order chi connectivity index (χ0) is 14.2.